The van der Waals surface area contributed by atoms with E-state index in [0.717, 1.165) is 91.0 Å². The van der Waals surface area contributed by atoms with Crippen LogP contribution in [-0.2, 0) is 48.4 Å². The molecule has 87 heavy (non-hydrogen) atoms. The summed E-state index contributed by atoms with van der Waals surface area (Å²) in [6.07, 6.45) is 4.69. The Morgan fingerprint density at radius 1 is 0.793 bits per heavy atom. The largest absolute Gasteiger partial charge is 0.768 e. The van der Waals surface area contributed by atoms with Crippen molar-refractivity contribution in [3.63, 3.8) is 0 Å². The van der Waals surface area contributed by atoms with Crippen LogP contribution in [0.3, 0.4) is 0 Å². The molecule has 4 aliphatic rings. The Balaban J connectivity index is 0.910. The Morgan fingerprint density at radius 2 is 1.48 bits per heavy atom. The molecular formula is C67H77N9O9S2. The van der Waals surface area contributed by atoms with Crippen LogP contribution in [0.4, 0.5) is 10.5 Å². The van der Waals surface area contributed by atoms with Gasteiger partial charge in [-0.2, -0.15) is 0 Å². The van der Waals surface area contributed by atoms with Crippen molar-refractivity contribution < 1.29 is 40.7 Å². The first-order valence-corrected chi connectivity index (χ1v) is 32.7. The molecule has 0 saturated carbocycles. The second-order valence-corrected chi connectivity index (χ2v) is 25.0. The fraction of sp³-hybridized carbons (Fsp3) is 0.358. The number of amides is 3. The molecule has 456 valence electrons. The molecule has 1 saturated heterocycles. The maximum atomic E-state index is 14.9. The first kappa shape index (κ1) is 62.1. The normalized spacial score (nSPS) is 14.7. The Bertz CT molecular complexity index is 3880. The molecule has 18 nitrogen and oxygen atoms in total. The van der Waals surface area contributed by atoms with Gasteiger partial charge < -0.3 is 44.0 Å². The minimum absolute atomic E-state index is 0.00953. The standard InChI is InChI=1S/C67H77N9O9S2/c1-6-75(7-2)48-26-29-55-61(38-48)85-62-39-49(76(8-3)9-4)27-30-56(62)64(55)57-31-28-50(86(80)81)40-63(57)87(82,83)69-34-18-17-25-59(72-67(79)84-43-58-53-23-15-13-21-51(53)52-22-14-16-24-54(52)58)65(77)71-60(66(78)70-46-32-35-73(5)36-33-46)37-47-42-74(44-68-47)41-45-19-11-10-12-20-45/h10-16,19-24,26-31,38-40,42,44,46,58-60,69H,6-9,17-18,25,32-37,41,43H2,1-5H3,(H3-,70,71,72,77,78,79,80,81). The monoisotopic (exact) mass is 1220 g/mol. The number of alkyl carbamates (subject to hydrolysis) is 1. The van der Waals surface area contributed by atoms with E-state index in [2.05, 4.69) is 67.7 Å². The Labute approximate surface area is 511 Å². The number of carbonyl (C=O) groups is 3. The molecule has 1 fully saturated rings. The smallest absolute Gasteiger partial charge is 0.407 e. The van der Waals surface area contributed by atoms with Crippen LogP contribution in [0.5, 0.6) is 0 Å². The Hall–Kier alpha value is -8.01. The highest BCUT2D eigenvalue weighted by Gasteiger charge is 2.33. The molecule has 1 aromatic heterocycles. The molecule has 3 unspecified atom stereocenters. The number of nitrogens with one attached hydrogen (secondary N) is 4. The third-order valence-electron chi connectivity index (χ3n) is 16.8. The second kappa shape index (κ2) is 28.2. The zero-order valence-electron chi connectivity index (χ0n) is 50.0. The van der Waals surface area contributed by atoms with Crippen molar-refractivity contribution in [1.29, 1.82) is 0 Å². The van der Waals surface area contributed by atoms with Crippen LogP contribution >= 0.6 is 0 Å². The molecular weight excluding hydrogens is 1140 g/mol. The number of hydrogen-bond donors (Lipinski definition) is 4. The number of nitrogens with zero attached hydrogens (tertiary/aromatic N) is 5. The molecule has 5 aromatic carbocycles. The Kier molecular flexibility index (Phi) is 20.1. The molecule has 4 N–H and O–H groups in total. The van der Waals surface area contributed by atoms with Crippen LogP contribution < -0.4 is 35.5 Å². The number of fused-ring (bicyclic) bond motifs is 5. The number of sulfonamides is 1. The second-order valence-electron chi connectivity index (χ2n) is 22.4. The fourth-order valence-corrected chi connectivity index (χ4v) is 13.9. The first-order chi connectivity index (χ1) is 42.1. The highest BCUT2D eigenvalue weighted by atomic mass is 32.2. The van der Waals surface area contributed by atoms with E-state index in [-0.39, 0.29) is 72.1 Å². The van der Waals surface area contributed by atoms with E-state index < -0.39 is 45.2 Å². The van der Waals surface area contributed by atoms with Gasteiger partial charge in [0.1, 0.15) is 43.1 Å². The van der Waals surface area contributed by atoms with Crippen LogP contribution in [0.1, 0.15) is 88.1 Å². The van der Waals surface area contributed by atoms with Crippen molar-refractivity contribution >= 4 is 55.7 Å². The number of rotatable bonds is 25. The number of aromatic nitrogens is 2. The molecule has 3 atom stereocenters. The van der Waals surface area contributed by atoms with Crippen molar-refractivity contribution in [3.05, 3.63) is 174 Å². The number of ether oxygens (including phenoxy) is 1. The summed E-state index contributed by atoms with van der Waals surface area (Å²) in [6, 6.07) is 39.2. The quantitative estimate of drug-likeness (QED) is 0.0183. The Morgan fingerprint density at radius 3 is 2.17 bits per heavy atom. The van der Waals surface area contributed by atoms with Crippen molar-refractivity contribution in [2.75, 3.05) is 64.4 Å². The highest BCUT2D eigenvalue weighted by molar-refractivity contribution is 7.89. The predicted molar refractivity (Wildman–Crippen MR) is 338 cm³/mol. The molecule has 10 rings (SSSR count). The molecule has 20 heteroatoms. The van der Waals surface area contributed by atoms with Crippen molar-refractivity contribution in [2.24, 2.45) is 0 Å². The summed E-state index contributed by atoms with van der Waals surface area (Å²) in [5.41, 5.74) is 8.71. The zero-order valence-corrected chi connectivity index (χ0v) is 51.6. The molecule has 6 aromatic rings. The van der Waals surface area contributed by atoms with Gasteiger partial charge in [-0.1, -0.05) is 84.9 Å². The molecule has 2 aliphatic heterocycles. The number of piperidine rings is 1. The number of likely N-dealkylation sites (tertiary alicyclic amines) is 1. The molecule has 3 amide bonds. The fourth-order valence-electron chi connectivity index (χ4n) is 12.1. The van der Waals surface area contributed by atoms with Gasteiger partial charge in [0.05, 0.1) is 23.0 Å². The van der Waals surface area contributed by atoms with E-state index in [4.69, 9.17) is 9.15 Å². The average molecular weight is 1220 g/mol. The van der Waals surface area contributed by atoms with Crippen LogP contribution in [0.15, 0.2) is 160 Å². The van der Waals surface area contributed by atoms with Gasteiger partial charge in [-0.05, 0) is 149 Å². The number of imidazole rings is 1. The molecule has 0 radical (unpaired) electrons. The maximum Gasteiger partial charge on any atom is 0.407 e. The van der Waals surface area contributed by atoms with E-state index in [1.54, 1.807) is 6.33 Å². The first-order valence-electron chi connectivity index (χ1n) is 30.2. The molecule has 0 spiro atoms. The number of hydrogen-bond acceptors (Lipinski definition) is 12. The third-order valence-corrected chi connectivity index (χ3v) is 19.0. The van der Waals surface area contributed by atoms with E-state index in [1.165, 1.54) is 18.2 Å². The molecule has 3 heterocycles. The number of benzene rings is 6. The third kappa shape index (κ3) is 14.5. The van der Waals surface area contributed by atoms with Gasteiger partial charge in [0.25, 0.3) is 0 Å². The number of unbranched alkanes of at least 4 members (excludes halogenated alkanes) is 1. The summed E-state index contributed by atoms with van der Waals surface area (Å²) in [5.74, 6) is -0.743. The topological polar surface area (TPSA) is 223 Å². The van der Waals surface area contributed by atoms with Gasteiger partial charge in [0.2, 0.25) is 27.2 Å². The SMILES string of the molecule is CCN(CC)c1ccc2c(-c3ccc(S(=O)[O-])cc3S(=O)(=O)NCCCCC(NC(=O)OCC3c4ccccc4-c4ccccc43)C(=O)NC(Cc3cn(Cc4ccccc4)cn3)C(=O)NC3CCN(C)CC3)c3ccc(=[N+](CC)CC)cc-3oc2c1. The minimum Gasteiger partial charge on any atom is -0.768 e. The van der Waals surface area contributed by atoms with Crippen LogP contribution in [0.25, 0.3) is 44.5 Å². The highest BCUT2D eigenvalue weighted by Crippen LogP contribution is 2.45. The van der Waals surface area contributed by atoms with Gasteiger partial charge in [-0.3, -0.25) is 13.8 Å². The molecule has 0 bridgehead atoms. The van der Waals surface area contributed by atoms with Gasteiger partial charge in [0, 0.05) is 95.5 Å². The number of carbonyl (C=O) groups excluding carboxylic acids is 3. The van der Waals surface area contributed by atoms with Crippen molar-refractivity contribution in [1.82, 2.24) is 39.7 Å². The lowest BCUT2D eigenvalue weighted by atomic mass is 9.93. The van der Waals surface area contributed by atoms with Crippen LogP contribution in [0.2, 0.25) is 0 Å². The van der Waals surface area contributed by atoms with E-state index in [1.807, 2.05) is 133 Å². The number of anilines is 1. The maximum absolute atomic E-state index is 14.9. The van der Waals surface area contributed by atoms with Crippen molar-refractivity contribution in [3.8, 4) is 33.6 Å². The lowest BCUT2D eigenvalue weighted by molar-refractivity contribution is -0.130. The van der Waals surface area contributed by atoms with Gasteiger partial charge in [-0.15, -0.1) is 0 Å². The van der Waals surface area contributed by atoms with E-state index >= 15 is 0 Å². The lowest BCUT2D eigenvalue weighted by Gasteiger charge is -2.31. The van der Waals surface area contributed by atoms with E-state index in [9.17, 15) is 31.6 Å². The summed E-state index contributed by atoms with van der Waals surface area (Å²) >= 11 is -2.78. The van der Waals surface area contributed by atoms with E-state index in [0.29, 0.717) is 40.1 Å². The van der Waals surface area contributed by atoms with Crippen LogP contribution in [0, 0.1) is 0 Å². The van der Waals surface area contributed by atoms with Crippen molar-refractivity contribution in [2.45, 2.75) is 107 Å². The summed E-state index contributed by atoms with van der Waals surface area (Å²) in [7, 11) is -2.43. The van der Waals surface area contributed by atoms with Gasteiger partial charge in [-0.25, -0.2) is 27.5 Å². The van der Waals surface area contributed by atoms with Gasteiger partial charge >= 0.3 is 6.09 Å². The summed E-state index contributed by atoms with van der Waals surface area (Å²) < 4.78 is 74.4. The minimum atomic E-state index is -4.47. The summed E-state index contributed by atoms with van der Waals surface area (Å²) in [5, 5.41) is 10.5. The lowest BCUT2D eigenvalue weighted by Crippen LogP contribution is -2.56. The predicted octanol–water partition coefficient (Wildman–Crippen LogP) is 8.64. The molecule has 2 aliphatic carbocycles. The zero-order chi connectivity index (χ0) is 61.2. The van der Waals surface area contributed by atoms with Crippen LogP contribution in [-0.4, -0.2) is 127 Å². The summed E-state index contributed by atoms with van der Waals surface area (Å²) in [4.78, 5) is 51.8. The van der Waals surface area contributed by atoms with Gasteiger partial charge in [0.15, 0.2) is 0 Å². The average Bonchev–Trinajstić information content (AvgIpc) is 2.08. The summed E-state index contributed by atoms with van der Waals surface area (Å²) in [6.45, 7) is 13.3.